The molecule has 0 atom stereocenters. The molecule has 1 heterocycles. The van der Waals surface area contributed by atoms with Gasteiger partial charge in [0.2, 0.25) is 5.88 Å². The second-order valence-electron chi connectivity index (χ2n) is 4.40. The van der Waals surface area contributed by atoms with Crippen LogP contribution in [0.3, 0.4) is 0 Å². The summed E-state index contributed by atoms with van der Waals surface area (Å²) in [7, 11) is 0. The van der Waals surface area contributed by atoms with Crippen LogP contribution in [0.25, 0.3) is 0 Å². The third-order valence-electron chi connectivity index (χ3n) is 2.74. The lowest BCUT2D eigenvalue weighted by molar-refractivity contribution is -0.403. The second-order valence-corrected chi connectivity index (χ2v) is 5.68. The monoisotopic (exact) mass is 351 g/mol. The van der Waals surface area contributed by atoms with E-state index in [0.29, 0.717) is 28.2 Å². The largest absolute Gasteiger partial charge is 0.439 e. The van der Waals surface area contributed by atoms with E-state index >= 15 is 0 Å². The van der Waals surface area contributed by atoms with Crippen molar-refractivity contribution in [3.8, 4) is 11.6 Å². The molecule has 6 nitrogen and oxygen atoms in total. The van der Waals surface area contributed by atoms with Crippen LogP contribution < -0.4 is 10.1 Å². The van der Waals surface area contributed by atoms with E-state index in [4.69, 9.17) is 16.3 Å². The number of nitrogens with zero attached hydrogens (tertiary/aromatic N) is 2. The van der Waals surface area contributed by atoms with Gasteiger partial charge >= 0.3 is 0 Å². The molecule has 1 aromatic heterocycles. The van der Waals surface area contributed by atoms with Gasteiger partial charge in [0.15, 0.2) is 0 Å². The van der Waals surface area contributed by atoms with Crippen LogP contribution in [-0.4, -0.2) is 16.2 Å². The average molecular weight is 352 g/mol. The van der Waals surface area contributed by atoms with E-state index in [-0.39, 0.29) is 0 Å². The summed E-state index contributed by atoms with van der Waals surface area (Å²) < 4.78 is 5.59. The first-order valence-electron chi connectivity index (χ1n) is 6.58. The van der Waals surface area contributed by atoms with E-state index in [9.17, 15) is 10.1 Å². The van der Waals surface area contributed by atoms with E-state index in [1.807, 2.05) is 6.07 Å². The van der Waals surface area contributed by atoms with Gasteiger partial charge in [-0.3, -0.25) is 10.1 Å². The molecule has 0 saturated heterocycles. The van der Waals surface area contributed by atoms with Gasteiger partial charge in [0.25, 0.3) is 6.20 Å². The first kappa shape index (κ1) is 17.1. The van der Waals surface area contributed by atoms with Gasteiger partial charge in [-0.2, -0.15) is 0 Å². The number of rotatable bonds is 7. The normalized spacial score (nSPS) is 11.1. The van der Waals surface area contributed by atoms with Crippen LogP contribution in [0.15, 0.2) is 53.8 Å². The molecular weight excluding hydrogens is 338 g/mol. The van der Waals surface area contributed by atoms with Gasteiger partial charge in [0.05, 0.1) is 4.92 Å². The van der Waals surface area contributed by atoms with Gasteiger partial charge in [-0.15, -0.1) is 11.8 Å². The fourth-order valence-electron chi connectivity index (χ4n) is 1.65. The molecule has 0 bridgehead atoms. The molecule has 0 fully saturated rings. The molecule has 23 heavy (non-hydrogen) atoms. The number of benzene rings is 1. The van der Waals surface area contributed by atoms with Gasteiger partial charge in [-0.1, -0.05) is 17.7 Å². The van der Waals surface area contributed by atoms with Crippen molar-refractivity contribution in [2.75, 3.05) is 6.26 Å². The van der Waals surface area contributed by atoms with E-state index in [0.717, 1.165) is 11.8 Å². The quantitative estimate of drug-likeness (QED) is 0.598. The Hall–Kier alpha value is -2.25. The van der Waals surface area contributed by atoms with Crippen LogP contribution in [0.4, 0.5) is 0 Å². The number of ether oxygens (including phenoxy) is 1. The van der Waals surface area contributed by atoms with Crippen molar-refractivity contribution in [1.29, 1.82) is 0 Å². The van der Waals surface area contributed by atoms with Crippen LogP contribution in [-0.2, 0) is 6.54 Å². The predicted octanol–water partition coefficient (Wildman–Crippen LogP) is 4.06. The van der Waals surface area contributed by atoms with E-state index in [1.54, 1.807) is 42.8 Å². The van der Waals surface area contributed by atoms with Gasteiger partial charge < -0.3 is 10.1 Å². The molecule has 2 aromatic rings. The number of pyridine rings is 1. The van der Waals surface area contributed by atoms with Crippen molar-refractivity contribution >= 4 is 23.4 Å². The molecule has 0 aliphatic heterocycles. The standard InChI is InChI=1S/C15H14ClN3O3S/c1-23-15(10-19(20)21)18-9-11-2-7-14(17-8-11)22-13-5-3-12(16)4-6-13/h2-8,10,18H,9H2,1H3. The molecule has 120 valence electrons. The summed E-state index contributed by atoms with van der Waals surface area (Å²) in [5.41, 5.74) is 0.886. The number of thioether (sulfide) groups is 1. The molecule has 0 unspecified atom stereocenters. The van der Waals surface area contributed by atoms with Crippen molar-refractivity contribution in [3.63, 3.8) is 0 Å². The predicted molar refractivity (Wildman–Crippen MR) is 91.2 cm³/mol. The molecule has 0 aliphatic rings. The maximum atomic E-state index is 10.5. The summed E-state index contributed by atoms with van der Waals surface area (Å²) >= 11 is 7.09. The smallest absolute Gasteiger partial charge is 0.263 e. The maximum absolute atomic E-state index is 10.5. The summed E-state index contributed by atoms with van der Waals surface area (Å²) in [5.74, 6) is 1.10. The summed E-state index contributed by atoms with van der Waals surface area (Å²) in [5, 5.41) is 14.6. The zero-order chi connectivity index (χ0) is 16.7. The Labute approximate surface area is 142 Å². The lowest BCUT2D eigenvalue weighted by Crippen LogP contribution is -2.11. The Morgan fingerprint density at radius 1 is 1.39 bits per heavy atom. The molecule has 0 radical (unpaired) electrons. The molecule has 1 aromatic carbocycles. The van der Waals surface area contributed by atoms with Crippen molar-refractivity contribution in [2.45, 2.75) is 6.54 Å². The van der Waals surface area contributed by atoms with Crippen molar-refractivity contribution in [3.05, 3.63) is 74.5 Å². The molecule has 2 rings (SSSR count). The van der Waals surface area contributed by atoms with Crippen LogP contribution >= 0.6 is 23.4 Å². The number of nitro groups is 1. The van der Waals surface area contributed by atoms with E-state index in [2.05, 4.69) is 10.3 Å². The minimum atomic E-state index is -0.486. The van der Waals surface area contributed by atoms with Gasteiger partial charge in [0.1, 0.15) is 10.8 Å². The van der Waals surface area contributed by atoms with Gasteiger partial charge in [0, 0.05) is 23.8 Å². The van der Waals surface area contributed by atoms with Crippen molar-refractivity contribution in [2.24, 2.45) is 0 Å². The van der Waals surface area contributed by atoms with Crippen LogP contribution in [0.5, 0.6) is 11.6 Å². The first-order chi connectivity index (χ1) is 11.1. The van der Waals surface area contributed by atoms with Crippen LogP contribution in [0.1, 0.15) is 5.56 Å². The van der Waals surface area contributed by atoms with Crippen LogP contribution in [0, 0.1) is 10.1 Å². The summed E-state index contributed by atoms with van der Waals surface area (Å²) in [4.78, 5) is 14.2. The average Bonchev–Trinajstić information content (AvgIpc) is 2.54. The highest BCUT2D eigenvalue weighted by molar-refractivity contribution is 8.02. The highest BCUT2D eigenvalue weighted by Crippen LogP contribution is 2.21. The first-order valence-corrected chi connectivity index (χ1v) is 8.18. The number of hydrogen-bond acceptors (Lipinski definition) is 6. The zero-order valence-electron chi connectivity index (χ0n) is 12.2. The number of nitrogens with one attached hydrogen (secondary N) is 1. The second kappa shape index (κ2) is 8.40. The maximum Gasteiger partial charge on any atom is 0.263 e. The minimum absolute atomic E-state index is 0.439. The zero-order valence-corrected chi connectivity index (χ0v) is 13.8. The van der Waals surface area contributed by atoms with Crippen molar-refractivity contribution in [1.82, 2.24) is 10.3 Å². The topological polar surface area (TPSA) is 77.3 Å². The summed E-state index contributed by atoms with van der Waals surface area (Å²) in [6, 6.07) is 10.6. The Balaban J connectivity index is 1.94. The molecule has 8 heteroatoms. The molecule has 0 aliphatic carbocycles. The SMILES string of the molecule is CSC(=C[N+](=O)[O-])NCc1ccc(Oc2ccc(Cl)cc2)nc1. The van der Waals surface area contributed by atoms with Gasteiger partial charge in [-0.25, -0.2) is 4.98 Å². The molecule has 0 amide bonds. The summed E-state index contributed by atoms with van der Waals surface area (Å²) in [6.07, 6.45) is 4.36. The Morgan fingerprint density at radius 2 is 2.13 bits per heavy atom. The minimum Gasteiger partial charge on any atom is -0.439 e. The number of aromatic nitrogens is 1. The molecule has 1 N–H and O–H groups in total. The highest BCUT2D eigenvalue weighted by Gasteiger charge is 2.03. The third-order valence-corrected chi connectivity index (χ3v) is 3.68. The Kier molecular flexibility index (Phi) is 6.25. The Bertz CT molecular complexity index is 690. The number of hydrogen-bond donors (Lipinski definition) is 1. The highest BCUT2D eigenvalue weighted by atomic mass is 35.5. The fourth-order valence-corrected chi connectivity index (χ4v) is 2.19. The fraction of sp³-hybridized carbons (Fsp3) is 0.133. The van der Waals surface area contributed by atoms with E-state index < -0.39 is 4.92 Å². The number of halogens is 1. The summed E-state index contributed by atoms with van der Waals surface area (Å²) in [6.45, 7) is 0.439. The lowest BCUT2D eigenvalue weighted by Gasteiger charge is -2.08. The van der Waals surface area contributed by atoms with Crippen LogP contribution in [0.2, 0.25) is 5.02 Å². The van der Waals surface area contributed by atoms with E-state index in [1.165, 1.54) is 11.8 Å². The molecule has 0 spiro atoms. The molecular formula is C15H14ClN3O3S. The Morgan fingerprint density at radius 3 is 2.70 bits per heavy atom. The lowest BCUT2D eigenvalue weighted by atomic mass is 10.3. The van der Waals surface area contributed by atoms with Crippen molar-refractivity contribution < 1.29 is 9.66 Å². The molecule has 0 saturated carbocycles. The van der Waals surface area contributed by atoms with Gasteiger partial charge in [-0.05, 0) is 36.1 Å². The third kappa shape index (κ3) is 5.80.